The Labute approximate surface area is 123 Å². The highest BCUT2D eigenvalue weighted by Crippen LogP contribution is 2.33. The molecule has 6 heteroatoms. The fourth-order valence-corrected chi connectivity index (χ4v) is 3.01. The molecule has 0 saturated heterocycles. The second kappa shape index (κ2) is 6.78. The Morgan fingerprint density at radius 3 is 2.90 bits per heavy atom. The van der Waals surface area contributed by atoms with Crippen LogP contribution in [0.5, 0.6) is 5.75 Å². The molecule has 2 aromatic rings. The molecule has 2 rings (SSSR count). The van der Waals surface area contributed by atoms with Crippen LogP contribution in [-0.4, -0.2) is 16.7 Å². The van der Waals surface area contributed by atoms with Gasteiger partial charge in [0.15, 0.2) is 0 Å². The monoisotopic (exact) mass is 292 g/mol. The van der Waals surface area contributed by atoms with E-state index < -0.39 is 0 Å². The molecule has 0 fully saturated rings. The molecule has 1 heterocycles. The van der Waals surface area contributed by atoms with Crippen molar-refractivity contribution < 1.29 is 4.74 Å². The molecular weight excluding hydrogens is 272 g/mol. The Hall–Kier alpha value is -1.50. The predicted molar refractivity (Wildman–Crippen MR) is 80.8 cm³/mol. The quantitative estimate of drug-likeness (QED) is 0.631. The van der Waals surface area contributed by atoms with Crippen molar-refractivity contribution in [2.45, 2.75) is 32.7 Å². The van der Waals surface area contributed by atoms with Crippen LogP contribution in [0.3, 0.4) is 0 Å². The molecule has 0 bridgehead atoms. The van der Waals surface area contributed by atoms with Crippen LogP contribution < -0.4 is 16.0 Å². The maximum atomic E-state index is 5.78. The Morgan fingerprint density at radius 2 is 2.25 bits per heavy atom. The van der Waals surface area contributed by atoms with Gasteiger partial charge in [-0.1, -0.05) is 35.5 Å². The Kier molecular flexibility index (Phi) is 5.05. The molecule has 1 unspecified atom stereocenters. The average Bonchev–Trinajstić information content (AvgIpc) is 2.89. The number of hydrazine groups is 1. The highest BCUT2D eigenvalue weighted by atomic mass is 32.1. The van der Waals surface area contributed by atoms with E-state index in [0.29, 0.717) is 0 Å². The van der Waals surface area contributed by atoms with Crippen LogP contribution in [0, 0.1) is 6.92 Å². The summed E-state index contributed by atoms with van der Waals surface area (Å²) in [6.45, 7) is 4.18. The lowest BCUT2D eigenvalue weighted by molar-refractivity contribution is 0.404. The standard InChI is InChI=1S/C14H20N4OS/c1-4-5-11-14(20-18-17-11)13(16-15)10-8-9(2)6-7-12(10)19-3/h6-8,13,16H,4-5,15H2,1-3H3. The molecule has 0 aliphatic heterocycles. The number of aryl methyl sites for hydroxylation is 2. The Bertz CT molecular complexity index is 570. The van der Waals surface area contributed by atoms with E-state index in [0.717, 1.165) is 40.3 Å². The minimum absolute atomic E-state index is 0.147. The summed E-state index contributed by atoms with van der Waals surface area (Å²) in [5.41, 5.74) is 6.05. The number of aromatic nitrogens is 2. The van der Waals surface area contributed by atoms with Crippen molar-refractivity contribution in [2.24, 2.45) is 5.84 Å². The van der Waals surface area contributed by atoms with E-state index in [9.17, 15) is 0 Å². The lowest BCUT2D eigenvalue weighted by atomic mass is 10.0. The maximum Gasteiger partial charge on any atom is 0.124 e. The van der Waals surface area contributed by atoms with Crippen molar-refractivity contribution in [3.05, 3.63) is 39.9 Å². The SMILES string of the molecule is CCCc1nnsc1C(NN)c1cc(C)ccc1OC. The summed E-state index contributed by atoms with van der Waals surface area (Å²) >= 11 is 1.38. The number of methoxy groups -OCH3 is 1. The molecule has 1 aromatic heterocycles. The van der Waals surface area contributed by atoms with Crippen LogP contribution in [0.2, 0.25) is 0 Å². The molecule has 0 amide bonds. The van der Waals surface area contributed by atoms with Crippen LogP contribution in [0.25, 0.3) is 0 Å². The van der Waals surface area contributed by atoms with Crippen molar-refractivity contribution in [3.63, 3.8) is 0 Å². The molecule has 0 aliphatic rings. The molecule has 5 nitrogen and oxygen atoms in total. The zero-order valence-electron chi connectivity index (χ0n) is 12.0. The molecule has 0 radical (unpaired) electrons. The van der Waals surface area contributed by atoms with Crippen molar-refractivity contribution in [1.29, 1.82) is 0 Å². The van der Waals surface area contributed by atoms with E-state index in [4.69, 9.17) is 10.6 Å². The molecule has 3 N–H and O–H groups in total. The van der Waals surface area contributed by atoms with Gasteiger partial charge in [-0.3, -0.25) is 5.84 Å². The first kappa shape index (κ1) is 14.9. The first-order valence-corrected chi connectivity index (χ1v) is 7.40. The van der Waals surface area contributed by atoms with E-state index in [-0.39, 0.29) is 6.04 Å². The van der Waals surface area contributed by atoms with Gasteiger partial charge in [0.1, 0.15) is 5.75 Å². The topological polar surface area (TPSA) is 73.1 Å². The fraction of sp³-hybridized carbons (Fsp3) is 0.429. The van der Waals surface area contributed by atoms with Crippen molar-refractivity contribution in [1.82, 2.24) is 15.0 Å². The summed E-state index contributed by atoms with van der Waals surface area (Å²) < 4.78 is 9.52. The highest BCUT2D eigenvalue weighted by molar-refractivity contribution is 7.05. The second-order valence-corrected chi connectivity index (χ2v) is 5.46. The number of nitrogens with two attached hydrogens (primary N) is 1. The van der Waals surface area contributed by atoms with E-state index in [1.165, 1.54) is 11.5 Å². The van der Waals surface area contributed by atoms with E-state index in [2.05, 4.69) is 28.0 Å². The second-order valence-electron chi connectivity index (χ2n) is 4.68. The number of hydrogen-bond acceptors (Lipinski definition) is 6. The van der Waals surface area contributed by atoms with Gasteiger partial charge in [0, 0.05) is 5.56 Å². The summed E-state index contributed by atoms with van der Waals surface area (Å²) in [6, 6.07) is 5.92. The number of rotatable bonds is 6. The van der Waals surface area contributed by atoms with E-state index in [1.807, 2.05) is 19.1 Å². The first-order valence-electron chi connectivity index (χ1n) is 6.63. The molecule has 20 heavy (non-hydrogen) atoms. The summed E-state index contributed by atoms with van der Waals surface area (Å²) in [6.07, 6.45) is 1.93. The molecule has 0 saturated carbocycles. The average molecular weight is 292 g/mol. The third-order valence-corrected chi connectivity index (χ3v) is 4.03. The highest BCUT2D eigenvalue weighted by Gasteiger charge is 2.22. The first-order chi connectivity index (χ1) is 9.71. The number of benzene rings is 1. The van der Waals surface area contributed by atoms with Gasteiger partial charge in [0.25, 0.3) is 0 Å². The maximum absolute atomic E-state index is 5.78. The van der Waals surface area contributed by atoms with Gasteiger partial charge < -0.3 is 4.74 Å². The van der Waals surface area contributed by atoms with Gasteiger partial charge in [-0.25, -0.2) is 5.43 Å². The van der Waals surface area contributed by atoms with Crippen LogP contribution in [0.4, 0.5) is 0 Å². The van der Waals surface area contributed by atoms with E-state index >= 15 is 0 Å². The minimum Gasteiger partial charge on any atom is -0.496 e. The lowest BCUT2D eigenvalue weighted by Gasteiger charge is -2.19. The van der Waals surface area contributed by atoms with Crippen LogP contribution >= 0.6 is 11.5 Å². The van der Waals surface area contributed by atoms with Gasteiger partial charge in [-0.2, -0.15) is 0 Å². The normalized spacial score (nSPS) is 12.4. The van der Waals surface area contributed by atoms with E-state index in [1.54, 1.807) is 7.11 Å². The van der Waals surface area contributed by atoms with Gasteiger partial charge in [-0.15, -0.1) is 5.10 Å². The molecule has 0 aliphatic carbocycles. The third-order valence-electron chi connectivity index (χ3n) is 3.20. The number of ether oxygens (including phenoxy) is 1. The number of hydrogen-bond donors (Lipinski definition) is 2. The molecule has 0 spiro atoms. The lowest BCUT2D eigenvalue weighted by Crippen LogP contribution is -2.29. The van der Waals surface area contributed by atoms with Gasteiger partial charge in [0.2, 0.25) is 0 Å². The smallest absolute Gasteiger partial charge is 0.124 e. The molecule has 108 valence electrons. The van der Waals surface area contributed by atoms with Crippen molar-refractivity contribution in [3.8, 4) is 5.75 Å². The van der Waals surface area contributed by atoms with Crippen molar-refractivity contribution in [2.75, 3.05) is 7.11 Å². The number of nitrogens with one attached hydrogen (secondary N) is 1. The largest absolute Gasteiger partial charge is 0.496 e. The fourth-order valence-electron chi connectivity index (χ4n) is 2.23. The summed E-state index contributed by atoms with van der Waals surface area (Å²) in [5.74, 6) is 6.59. The van der Waals surface area contributed by atoms with Gasteiger partial charge >= 0.3 is 0 Å². The molecular formula is C14H20N4OS. The molecule has 1 atom stereocenters. The summed E-state index contributed by atoms with van der Waals surface area (Å²) in [7, 11) is 1.67. The number of nitrogens with zero attached hydrogens (tertiary/aromatic N) is 2. The predicted octanol–water partition coefficient (Wildman–Crippen LogP) is 2.36. The minimum atomic E-state index is -0.147. The summed E-state index contributed by atoms with van der Waals surface area (Å²) in [4.78, 5) is 1.05. The summed E-state index contributed by atoms with van der Waals surface area (Å²) in [5, 5.41) is 4.21. The third kappa shape index (κ3) is 2.98. The van der Waals surface area contributed by atoms with Crippen LogP contribution in [0.1, 0.15) is 41.1 Å². The zero-order valence-corrected chi connectivity index (χ0v) is 12.8. The van der Waals surface area contributed by atoms with Crippen LogP contribution in [0.15, 0.2) is 18.2 Å². The zero-order chi connectivity index (χ0) is 14.5. The Balaban J connectivity index is 2.46. The van der Waals surface area contributed by atoms with Crippen molar-refractivity contribution >= 4 is 11.5 Å². The molecule has 1 aromatic carbocycles. The van der Waals surface area contributed by atoms with Gasteiger partial charge in [-0.05, 0) is 30.9 Å². The Morgan fingerprint density at radius 1 is 1.45 bits per heavy atom. The van der Waals surface area contributed by atoms with Crippen LogP contribution in [-0.2, 0) is 6.42 Å². The van der Waals surface area contributed by atoms with Gasteiger partial charge in [0.05, 0.1) is 23.7 Å².